The molecule has 0 aliphatic carbocycles. The molecule has 2 aromatic carbocycles. The minimum atomic E-state index is -0.764. The van der Waals surface area contributed by atoms with Crippen molar-refractivity contribution in [1.82, 2.24) is 0 Å². The Morgan fingerprint density at radius 3 is 2.71 bits per heavy atom. The molecule has 0 amide bonds. The summed E-state index contributed by atoms with van der Waals surface area (Å²) in [6.45, 7) is 2.00. The summed E-state index contributed by atoms with van der Waals surface area (Å²) in [6, 6.07) is 12.6. The summed E-state index contributed by atoms with van der Waals surface area (Å²) in [5, 5.41) is 3.09. The van der Waals surface area contributed by atoms with Gasteiger partial charge in [-0.2, -0.15) is 0 Å². The van der Waals surface area contributed by atoms with E-state index < -0.39 is 17.8 Å². The maximum Gasteiger partial charge on any atom is 0.333 e. The minimum absolute atomic E-state index is 0.266. The lowest BCUT2D eigenvalue weighted by Gasteiger charge is -2.19. The molecule has 0 saturated heterocycles. The Balaban J connectivity index is 2.33. The molecule has 0 radical (unpaired) electrons. The first kappa shape index (κ1) is 15.5. The van der Waals surface area contributed by atoms with Crippen LogP contribution in [0.15, 0.2) is 53.0 Å². The van der Waals surface area contributed by atoms with E-state index in [0.717, 1.165) is 10.2 Å². The molecular formula is C16H15BrFNO2. The molecule has 0 heterocycles. The average molecular weight is 352 g/mol. The smallest absolute Gasteiger partial charge is 0.333 e. The quantitative estimate of drug-likeness (QED) is 0.816. The van der Waals surface area contributed by atoms with Gasteiger partial charge in [0.1, 0.15) is 5.82 Å². The number of carbonyl (C=O) groups is 1. The molecule has 21 heavy (non-hydrogen) atoms. The van der Waals surface area contributed by atoms with E-state index in [4.69, 9.17) is 4.74 Å². The monoisotopic (exact) mass is 351 g/mol. The first-order valence-corrected chi connectivity index (χ1v) is 7.34. The van der Waals surface area contributed by atoms with Crippen LogP contribution in [0.5, 0.6) is 0 Å². The van der Waals surface area contributed by atoms with E-state index in [1.54, 1.807) is 19.1 Å². The summed E-state index contributed by atoms with van der Waals surface area (Å²) in [7, 11) is 0. The fourth-order valence-corrected chi connectivity index (χ4v) is 2.32. The third kappa shape index (κ3) is 4.04. The fraction of sp³-hybridized carbons (Fsp3) is 0.188. The Hall–Kier alpha value is -1.88. The molecule has 5 heteroatoms. The van der Waals surface area contributed by atoms with Crippen molar-refractivity contribution in [3.63, 3.8) is 0 Å². The van der Waals surface area contributed by atoms with Crippen molar-refractivity contribution in [3.05, 3.63) is 64.4 Å². The maximum atomic E-state index is 13.4. The Bertz CT molecular complexity index is 633. The molecule has 2 rings (SSSR count). The third-order valence-corrected chi connectivity index (χ3v) is 3.57. The Morgan fingerprint density at radius 1 is 1.29 bits per heavy atom. The van der Waals surface area contributed by atoms with E-state index in [1.165, 1.54) is 12.1 Å². The maximum absolute atomic E-state index is 13.4. The molecule has 0 bridgehead atoms. The number of anilines is 1. The van der Waals surface area contributed by atoms with Crippen LogP contribution in [0.4, 0.5) is 10.1 Å². The Labute approximate surface area is 131 Å². The first-order valence-electron chi connectivity index (χ1n) is 6.55. The number of halogens is 2. The summed E-state index contributed by atoms with van der Waals surface area (Å²) < 4.78 is 19.3. The minimum Gasteiger partial charge on any atom is -0.464 e. The van der Waals surface area contributed by atoms with Gasteiger partial charge >= 0.3 is 5.97 Å². The van der Waals surface area contributed by atoms with Gasteiger partial charge in [0, 0.05) is 10.2 Å². The number of ether oxygens (including phenoxy) is 1. The molecule has 0 aromatic heterocycles. The van der Waals surface area contributed by atoms with Crippen molar-refractivity contribution in [2.45, 2.75) is 13.0 Å². The Morgan fingerprint density at radius 2 is 2.05 bits per heavy atom. The van der Waals surface area contributed by atoms with Gasteiger partial charge in [0.25, 0.3) is 0 Å². The number of nitrogens with one attached hydrogen (secondary N) is 1. The SMILES string of the molecule is CCOC(=O)C(Nc1ccccc1Br)c1cccc(F)c1. The van der Waals surface area contributed by atoms with Gasteiger partial charge in [-0.3, -0.25) is 0 Å². The van der Waals surface area contributed by atoms with Crippen LogP contribution in [0.1, 0.15) is 18.5 Å². The fourth-order valence-electron chi connectivity index (χ4n) is 1.92. The lowest BCUT2D eigenvalue weighted by molar-refractivity contribution is -0.144. The van der Waals surface area contributed by atoms with Gasteiger partial charge in [-0.05, 0) is 52.7 Å². The normalized spacial score (nSPS) is 11.8. The van der Waals surface area contributed by atoms with E-state index in [9.17, 15) is 9.18 Å². The highest BCUT2D eigenvalue weighted by molar-refractivity contribution is 9.10. The van der Waals surface area contributed by atoms with Crippen molar-refractivity contribution in [2.24, 2.45) is 0 Å². The molecule has 2 aromatic rings. The van der Waals surface area contributed by atoms with Gasteiger partial charge in [0.2, 0.25) is 0 Å². The zero-order valence-corrected chi connectivity index (χ0v) is 13.1. The van der Waals surface area contributed by atoms with Crippen molar-refractivity contribution < 1.29 is 13.9 Å². The van der Waals surface area contributed by atoms with Crippen molar-refractivity contribution in [2.75, 3.05) is 11.9 Å². The van der Waals surface area contributed by atoms with Crippen LogP contribution >= 0.6 is 15.9 Å². The zero-order chi connectivity index (χ0) is 15.2. The van der Waals surface area contributed by atoms with Crippen LogP contribution in [0.2, 0.25) is 0 Å². The topological polar surface area (TPSA) is 38.3 Å². The molecule has 0 aliphatic rings. The number of para-hydroxylation sites is 1. The van der Waals surface area contributed by atoms with E-state index in [-0.39, 0.29) is 6.61 Å². The second-order valence-electron chi connectivity index (χ2n) is 4.36. The number of hydrogen-bond acceptors (Lipinski definition) is 3. The van der Waals surface area contributed by atoms with Crippen LogP contribution in [-0.2, 0) is 9.53 Å². The second-order valence-corrected chi connectivity index (χ2v) is 5.22. The summed E-state index contributed by atoms with van der Waals surface area (Å²) in [5.41, 5.74) is 1.25. The molecule has 1 atom stereocenters. The lowest BCUT2D eigenvalue weighted by atomic mass is 10.1. The van der Waals surface area contributed by atoms with Gasteiger partial charge in [-0.25, -0.2) is 9.18 Å². The molecule has 1 N–H and O–H groups in total. The predicted molar refractivity (Wildman–Crippen MR) is 83.5 cm³/mol. The van der Waals surface area contributed by atoms with Crippen molar-refractivity contribution in [3.8, 4) is 0 Å². The largest absolute Gasteiger partial charge is 0.464 e. The predicted octanol–water partition coefficient (Wildman–Crippen LogP) is 4.30. The highest BCUT2D eigenvalue weighted by Gasteiger charge is 2.23. The van der Waals surface area contributed by atoms with E-state index in [0.29, 0.717) is 5.56 Å². The van der Waals surface area contributed by atoms with Gasteiger partial charge in [0.15, 0.2) is 6.04 Å². The van der Waals surface area contributed by atoms with Gasteiger partial charge in [-0.15, -0.1) is 0 Å². The summed E-state index contributed by atoms with van der Waals surface area (Å²) >= 11 is 3.41. The standard InChI is InChI=1S/C16H15BrFNO2/c1-2-21-16(20)15(11-6-5-7-12(18)10-11)19-14-9-4-3-8-13(14)17/h3-10,15,19H,2H2,1H3. The molecule has 0 spiro atoms. The molecule has 0 fully saturated rings. The van der Waals surface area contributed by atoms with Gasteiger partial charge < -0.3 is 10.1 Å². The van der Waals surface area contributed by atoms with E-state index >= 15 is 0 Å². The molecule has 0 saturated carbocycles. The highest BCUT2D eigenvalue weighted by atomic mass is 79.9. The molecule has 0 aliphatic heterocycles. The van der Waals surface area contributed by atoms with Crippen LogP contribution in [-0.4, -0.2) is 12.6 Å². The number of esters is 1. The first-order chi connectivity index (χ1) is 10.1. The van der Waals surface area contributed by atoms with Crippen molar-refractivity contribution >= 4 is 27.6 Å². The number of carbonyl (C=O) groups excluding carboxylic acids is 1. The highest BCUT2D eigenvalue weighted by Crippen LogP contribution is 2.27. The molecule has 110 valence electrons. The molecule has 3 nitrogen and oxygen atoms in total. The third-order valence-electron chi connectivity index (χ3n) is 2.88. The second kappa shape index (κ2) is 7.22. The lowest BCUT2D eigenvalue weighted by Crippen LogP contribution is -2.23. The van der Waals surface area contributed by atoms with E-state index in [2.05, 4.69) is 21.2 Å². The number of benzene rings is 2. The van der Waals surface area contributed by atoms with Crippen molar-refractivity contribution in [1.29, 1.82) is 0 Å². The summed E-state index contributed by atoms with van der Waals surface area (Å²) in [6.07, 6.45) is 0. The van der Waals surface area contributed by atoms with Crippen LogP contribution < -0.4 is 5.32 Å². The summed E-state index contributed by atoms with van der Waals surface area (Å²) in [4.78, 5) is 12.1. The number of hydrogen-bond donors (Lipinski definition) is 1. The van der Waals surface area contributed by atoms with Crippen LogP contribution in [0.25, 0.3) is 0 Å². The average Bonchev–Trinajstić information content (AvgIpc) is 2.46. The van der Waals surface area contributed by atoms with Gasteiger partial charge in [0.05, 0.1) is 6.61 Å². The van der Waals surface area contributed by atoms with E-state index in [1.807, 2.05) is 24.3 Å². The zero-order valence-electron chi connectivity index (χ0n) is 11.5. The molecule has 1 unspecified atom stereocenters. The number of rotatable bonds is 5. The van der Waals surface area contributed by atoms with Crippen LogP contribution in [0.3, 0.4) is 0 Å². The summed E-state index contributed by atoms with van der Waals surface area (Å²) in [5.74, 6) is -0.838. The van der Waals surface area contributed by atoms with Crippen LogP contribution in [0, 0.1) is 5.82 Å². The molecular weight excluding hydrogens is 337 g/mol. The Kier molecular flexibility index (Phi) is 5.33. The van der Waals surface area contributed by atoms with Gasteiger partial charge in [-0.1, -0.05) is 24.3 Å².